The van der Waals surface area contributed by atoms with Gasteiger partial charge in [-0.25, -0.2) is 0 Å². The van der Waals surface area contributed by atoms with Gasteiger partial charge in [0.1, 0.15) is 0 Å². The Morgan fingerprint density at radius 2 is 1.11 bits per heavy atom. The zero-order valence-corrected chi connectivity index (χ0v) is 10.1. The molecule has 2 aromatic carbocycles. The van der Waals surface area contributed by atoms with Gasteiger partial charge >= 0.3 is 0 Å². The second-order valence-corrected chi connectivity index (χ2v) is 4.26. The molecule has 0 heterocycles. The Bertz CT molecular complexity index is 571. The Labute approximate surface area is 104 Å². The maximum atomic E-state index is 9.89. The van der Waals surface area contributed by atoms with E-state index in [9.17, 15) is 20.4 Å². The summed E-state index contributed by atoms with van der Waals surface area (Å²) in [6.45, 7) is 3.32. The number of hydrogen-bond acceptors (Lipinski definition) is 4. The van der Waals surface area contributed by atoms with Crippen molar-refractivity contribution in [1.82, 2.24) is 0 Å². The molecule has 0 spiro atoms. The van der Waals surface area contributed by atoms with Gasteiger partial charge in [0.05, 0.1) is 5.56 Å². The molecule has 0 saturated heterocycles. The molecule has 0 aliphatic heterocycles. The molecule has 2 aromatic rings. The van der Waals surface area contributed by atoms with Crippen LogP contribution >= 0.6 is 0 Å². The molecule has 0 aromatic heterocycles. The van der Waals surface area contributed by atoms with E-state index < -0.39 is 23.0 Å². The third-order valence-corrected chi connectivity index (χ3v) is 2.97. The first-order chi connectivity index (χ1) is 8.43. The van der Waals surface area contributed by atoms with Crippen molar-refractivity contribution in [2.75, 3.05) is 0 Å². The van der Waals surface area contributed by atoms with Gasteiger partial charge in [-0.15, -0.1) is 0 Å². The van der Waals surface area contributed by atoms with Crippen LogP contribution in [0.25, 0.3) is 11.1 Å². The molecule has 0 saturated carbocycles. The lowest BCUT2D eigenvalue weighted by atomic mass is 9.99. The van der Waals surface area contributed by atoms with E-state index in [1.807, 2.05) is 19.1 Å². The lowest BCUT2D eigenvalue weighted by molar-refractivity contribution is 0.371. The zero-order valence-electron chi connectivity index (χ0n) is 10.1. The molecule has 4 N–H and O–H groups in total. The summed E-state index contributed by atoms with van der Waals surface area (Å²) in [5.41, 5.74) is 1.61. The van der Waals surface area contributed by atoms with Gasteiger partial charge in [0, 0.05) is 5.56 Å². The van der Waals surface area contributed by atoms with Crippen LogP contribution in [0, 0.1) is 13.8 Å². The number of hydrogen-bond donors (Lipinski definition) is 4. The SMILES string of the molecule is Cc1ccc(-c2c(O)c(O)c(C)c(O)c2O)cc1. The highest BCUT2D eigenvalue weighted by Crippen LogP contribution is 2.50. The van der Waals surface area contributed by atoms with Crippen molar-refractivity contribution in [2.24, 2.45) is 0 Å². The summed E-state index contributed by atoms with van der Waals surface area (Å²) in [4.78, 5) is 0. The van der Waals surface area contributed by atoms with Crippen molar-refractivity contribution in [3.63, 3.8) is 0 Å². The van der Waals surface area contributed by atoms with Gasteiger partial charge in [0.2, 0.25) is 0 Å². The minimum Gasteiger partial charge on any atom is -0.504 e. The van der Waals surface area contributed by atoms with Gasteiger partial charge in [-0.2, -0.15) is 0 Å². The molecule has 0 fully saturated rings. The maximum Gasteiger partial charge on any atom is 0.169 e. The average Bonchev–Trinajstić information content (AvgIpc) is 2.36. The average molecular weight is 246 g/mol. The van der Waals surface area contributed by atoms with Crippen LogP contribution in [0.2, 0.25) is 0 Å². The summed E-state index contributed by atoms with van der Waals surface area (Å²) >= 11 is 0. The number of phenols is 4. The standard InChI is InChI=1S/C14H14O4/c1-7-3-5-9(6-4-7)10-13(17)11(15)8(2)12(16)14(10)18/h3-6,15-18H,1-2H3. The first-order valence-electron chi connectivity index (χ1n) is 5.47. The van der Waals surface area contributed by atoms with Crippen molar-refractivity contribution >= 4 is 0 Å². The molecule has 0 aliphatic carbocycles. The largest absolute Gasteiger partial charge is 0.504 e. The quantitative estimate of drug-likeness (QED) is 0.460. The fourth-order valence-corrected chi connectivity index (χ4v) is 1.81. The van der Waals surface area contributed by atoms with Gasteiger partial charge in [0.25, 0.3) is 0 Å². The number of aromatic hydroxyl groups is 4. The Morgan fingerprint density at radius 3 is 1.56 bits per heavy atom. The highest BCUT2D eigenvalue weighted by molar-refractivity contribution is 5.83. The summed E-state index contributed by atoms with van der Waals surface area (Å²) in [6.07, 6.45) is 0. The number of aryl methyl sites for hydroxylation is 1. The van der Waals surface area contributed by atoms with Gasteiger partial charge in [-0.3, -0.25) is 0 Å². The summed E-state index contributed by atoms with van der Waals surface area (Å²) < 4.78 is 0. The molecule has 2 rings (SSSR count). The van der Waals surface area contributed by atoms with E-state index in [2.05, 4.69) is 0 Å². The Morgan fingerprint density at radius 1 is 0.667 bits per heavy atom. The van der Waals surface area contributed by atoms with E-state index in [0.717, 1.165) is 5.56 Å². The summed E-state index contributed by atoms with van der Waals surface area (Å²) in [5.74, 6) is -1.74. The maximum absolute atomic E-state index is 9.89. The van der Waals surface area contributed by atoms with Crippen LogP contribution in [-0.4, -0.2) is 20.4 Å². The highest BCUT2D eigenvalue weighted by atomic mass is 16.3. The van der Waals surface area contributed by atoms with Gasteiger partial charge in [-0.1, -0.05) is 29.8 Å². The van der Waals surface area contributed by atoms with E-state index in [-0.39, 0.29) is 11.1 Å². The van der Waals surface area contributed by atoms with Crippen molar-refractivity contribution < 1.29 is 20.4 Å². The second-order valence-electron chi connectivity index (χ2n) is 4.26. The topological polar surface area (TPSA) is 80.9 Å². The smallest absolute Gasteiger partial charge is 0.169 e. The van der Waals surface area contributed by atoms with Crippen LogP contribution in [0.4, 0.5) is 0 Å². The Kier molecular flexibility index (Phi) is 2.79. The Hall–Kier alpha value is -2.36. The van der Waals surface area contributed by atoms with Gasteiger partial charge < -0.3 is 20.4 Å². The van der Waals surface area contributed by atoms with Crippen LogP contribution in [0.5, 0.6) is 23.0 Å². The third-order valence-electron chi connectivity index (χ3n) is 2.97. The highest BCUT2D eigenvalue weighted by Gasteiger charge is 2.21. The first-order valence-corrected chi connectivity index (χ1v) is 5.47. The lowest BCUT2D eigenvalue weighted by Crippen LogP contribution is -1.86. The normalized spacial score (nSPS) is 10.6. The van der Waals surface area contributed by atoms with Gasteiger partial charge in [0.15, 0.2) is 23.0 Å². The number of rotatable bonds is 1. The minimum atomic E-state index is -0.438. The van der Waals surface area contributed by atoms with Crippen LogP contribution in [0.3, 0.4) is 0 Å². The van der Waals surface area contributed by atoms with Crippen molar-refractivity contribution in [2.45, 2.75) is 13.8 Å². The lowest BCUT2D eigenvalue weighted by Gasteiger charge is -2.13. The van der Waals surface area contributed by atoms with Gasteiger partial charge in [-0.05, 0) is 19.4 Å². The Balaban J connectivity index is 2.75. The molecule has 0 aliphatic rings. The minimum absolute atomic E-state index is 0.0237. The molecule has 0 amide bonds. The summed E-state index contributed by atoms with van der Waals surface area (Å²) in [6, 6.07) is 7.00. The number of phenolic OH excluding ortho intramolecular Hbond substituents is 4. The van der Waals surface area contributed by atoms with Crippen molar-refractivity contribution in [3.8, 4) is 34.1 Å². The van der Waals surface area contributed by atoms with E-state index in [1.165, 1.54) is 6.92 Å². The van der Waals surface area contributed by atoms with E-state index in [4.69, 9.17) is 0 Å². The molecule has 4 heteroatoms. The number of benzene rings is 2. The summed E-state index contributed by atoms with van der Waals surface area (Å²) in [5, 5.41) is 39.1. The predicted molar refractivity (Wildman–Crippen MR) is 68.0 cm³/mol. The van der Waals surface area contributed by atoms with Crippen molar-refractivity contribution in [3.05, 3.63) is 35.4 Å². The zero-order chi connectivity index (χ0) is 13.4. The monoisotopic (exact) mass is 246 g/mol. The fraction of sp³-hybridized carbons (Fsp3) is 0.143. The molecule has 0 bridgehead atoms. The molecule has 18 heavy (non-hydrogen) atoms. The molecule has 4 nitrogen and oxygen atoms in total. The van der Waals surface area contributed by atoms with E-state index in [0.29, 0.717) is 5.56 Å². The van der Waals surface area contributed by atoms with E-state index >= 15 is 0 Å². The van der Waals surface area contributed by atoms with E-state index in [1.54, 1.807) is 12.1 Å². The third kappa shape index (κ3) is 1.72. The molecule has 94 valence electrons. The molecule has 0 radical (unpaired) electrons. The van der Waals surface area contributed by atoms with Crippen LogP contribution in [0.1, 0.15) is 11.1 Å². The molecule has 0 atom stereocenters. The molecular weight excluding hydrogens is 232 g/mol. The van der Waals surface area contributed by atoms with Crippen LogP contribution < -0.4 is 0 Å². The summed E-state index contributed by atoms with van der Waals surface area (Å²) in [7, 11) is 0. The molecule has 0 unspecified atom stereocenters. The fourth-order valence-electron chi connectivity index (χ4n) is 1.81. The van der Waals surface area contributed by atoms with Crippen LogP contribution in [0.15, 0.2) is 24.3 Å². The molecular formula is C14H14O4. The first kappa shape index (κ1) is 12.1. The predicted octanol–water partition coefficient (Wildman–Crippen LogP) is 2.79. The van der Waals surface area contributed by atoms with Crippen LogP contribution in [-0.2, 0) is 0 Å². The second kappa shape index (κ2) is 4.14. The van der Waals surface area contributed by atoms with Crippen molar-refractivity contribution in [1.29, 1.82) is 0 Å².